The number of aromatic nitrogens is 1. The summed E-state index contributed by atoms with van der Waals surface area (Å²) in [5.74, 6) is 0.630. The molecule has 2 rings (SSSR count). The Kier molecular flexibility index (Phi) is 3.40. The maximum Gasteiger partial charge on any atom is 0.252 e. The van der Waals surface area contributed by atoms with Gasteiger partial charge in [-0.15, -0.1) is 11.3 Å². The molecule has 0 saturated heterocycles. The number of hydrogen-bond donors (Lipinski definition) is 1. The lowest BCUT2D eigenvalue weighted by Crippen LogP contribution is -2.22. The number of aryl methyl sites for hydroxylation is 1. The van der Waals surface area contributed by atoms with Crippen molar-refractivity contribution in [3.8, 4) is 0 Å². The van der Waals surface area contributed by atoms with Crippen molar-refractivity contribution in [2.45, 2.75) is 13.5 Å². The molecule has 0 unspecified atom stereocenters. The zero-order valence-corrected chi connectivity index (χ0v) is 10.9. The zero-order valence-electron chi connectivity index (χ0n) is 8.49. The summed E-state index contributed by atoms with van der Waals surface area (Å²) in [6.45, 7) is 2.19. The average molecular weight is 301 g/mol. The van der Waals surface area contributed by atoms with Gasteiger partial charge in [0.15, 0.2) is 0 Å². The van der Waals surface area contributed by atoms with Crippen molar-refractivity contribution < 1.29 is 9.32 Å². The molecule has 6 heteroatoms. The first-order chi connectivity index (χ1) is 7.65. The molecule has 0 bridgehead atoms. The molecule has 0 spiro atoms. The van der Waals surface area contributed by atoms with Crippen LogP contribution < -0.4 is 5.32 Å². The lowest BCUT2D eigenvalue weighted by Gasteiger charge is -1.99. The van der Waals surface area contributed by atoms with E-state index in [1.54, 1.807) is 17.5 Å². The van der Waals surface area contributed by atoms with E-state index in [1.165, 1.54) is 11.3 Å². The van der Waals surface area contributed by atoms with Crippen LogP contribution in [0.4, 0.5) is 0 Å². The topological polar surface area (TPSA) is 55.1 Å². The van der Waals surface area contributed by atoms with E-state index in [1.807, 2.05) is 6.92 Å². The molecule has 84 valence electrons. The number of hydrogen-bond acceptors (Lipinski definition) is 4. The number of nitrogens with one attached hydrogen (secondary N) is 1. The smallest absolute Gasteiger partial charge is 0.252 e. The molecule has 16 heavy (non-hydrogen) atoms. The van der Waals surface area contributed by atoms with Gasteiger partial charge in [0.1, 0.15) is 11.5 Å². The van der Waals surface area contributed by atoms with E-state index in [2.05, 4.69) is 26.4 Å². The van der Waals surface area contributed by atoms with Gasteiger partial charge in [-0.05, 0) is 28.9 Å². The fraction of sp³-hybridized carbons (Fsp3) is 0.200. The van der Waals surface area contributed by atoms with Crippen LogP contribution in [0.2, 0.25) is 0 Å². The van der Waals surface area contributed by atoms with Crippen LogP contribution in [-0.4, -0.2) is 11.1 Å². The first-order valence-electron chi connectivity index (χ1n) is 4.59. The average Bonchev–Trinajstić information content (AvgIpc) is 2.84. The number of rotatable bonds is 3. The number of amides is 1. The Morgan fingerprint density at radius 3 is 3.00 bits per heavy atom. The standard InChI is InChI=1S/C10H9BrN2O2S/c1-6-2-8(13-15-6)4-12-10(14)7-3-9(11)16-5-7/h2-3,5H,4H2,1H3,(H,12,14). The third-order valence-corrected chi connectivity index (χ3v) is 3.44. The van der Waals surface area contributed by atoms with Crippen molar-refractivity contribution in [2.24, 2.45) is 0 Å². The predicted octanol–water partition coefficient (Wildman–Crippen LogP) is 2.74. The maximum absolute atomic E-state index is 11.7. The van der Waals surface area contributed by atoms with Crippen LogP contribution in [0.1, 0.15) is 21.8 Å². The highest BCUT2D eigenvalue weighted by molar-refractivity contribution is 9.11. The summed E-state index contributed by atoms with van der Waals surface area (Å²) < 4.78 is 5.84. The fourth-order valence-corrected chi connectivity index (χ4v) is 2.34. The van der Waals surface area contributed by atoms with Crippen LogP contribution in [0.25, 0.3) is 0 Å². The Bertz CT molecular complexity index is 506. The molecule has 0 radical (unpaired) electrons. The van der Waals surface area contributed by atoms with E-state index >= 15 is 0 Å². The van der Waals surface area contributed by atoms with Crippen molar-refractivity contribution in [1.82, 2.24) is 10.5 Å². The summed E-state index contributed by atoms with van der Waals surface area (Å²) in [6, 6.07) is 3.58. The lowest BCUT2D eigenvalue weighted by molar-refractivity contribution is 0.0950. The lowest BCUT2D eigenvalue weighted by atomic mass is 10.3. The second-order valence-corrected chi connectivity index (χ2v) is 5.54. The minimum atomic E-state index is -0.109. The van der Waals surface area contributed by atoms with Crippen LogP contribution in [0.15, 0.2) is 25.8 Å². The minimum Gasteiger partial charge on any atom is -0.361 e. The van der Waals surface area contributed by atoms with Gasteiger partial charge in [-0.3, -0.25) is 4.79 Å². The van der Waals surface area contributed by atoms with Crippen LogP contribution in [-0.2, 0) is 6.54 Å². The summed E-state index contributed by atoms with van der Waals surface area (Å²) in [5, 5.41) is 8.36. The molecule has 4 nitrogen and oxygen atoms in total. The van der Waals surface area contributed by atoms with E-state index in [0.29, 0.717) is 12.1 Å². The van der Waals surface area contributed by atoms with E-state index in [-0.39, 0.29) is 5.91 Å². The molecule has 0 atom stereocenters. The minimum absolute atomic E-state index is 0.109. The van der Waals surface area contributed by atoms with Gasteiger partial charge in [0.2, 0.25) is 0 Å². The van der Waals surface area contributed by atoms with Gasteiger partial charge >= 0.3 is 0 Å². The molecular formula is C10H9BrN2O2S. The molecule has 1 amide bonds. The van der Waals surface area contributed by atoms with Gasteiger partial charge in [0.25, 0.3) is 5.91 Å². The highest BCUT2D eigenvalue weighted by Crippen LogP contribution is 2.20. The molecule has 2 aromatic heterocycles. The molecule has 2 aromatic rings. The van der Waals surface area contributed by atoms with Gasteiger partial charge in [0.05, 0.1) is 15.9 Å². The van der Waals surface area contributed by atoms with E-state index in [0.717, 1.165) is 15.2 Å². The summed E-state index contributed by atoms with van der Waals surface area (Å²) in [7, 11) is 0. The molecule has 0 aliphatic rings. The number of nitrogens with zero attached hydrogens (tertiary/aromatic N) is 1. The first-order valence-corrected chi connectivity index (χ1v) is 6.27. The first kappa shape index (κ1) is 11.3. The second kappa shape index (κ2) is 4.80. The number of thiophene rings is 1. The Hall–Kier alpha value is -1.14. The van der Waals surface area contributed by atoms with Crippen LogP contribution >= 0.6 is 27.3 Å². The molecular weight excluding hydrogens is 292 g/mol. The van der Waals surface area contributed by atoms with E-state index in [4.69, 9.17) is 4.52 Å². The fourth-order valence-electron chi connectivity index (χ4n) is 1.20. The van der Waals surface area contributed by atoms with Crippen molar-refractivity contribution >= 4 is 33.2 Å². The predicted molar refractivity (Wildman–Crippen MR) is 64.4 cm³/mol. The van der Waals surface area contributed by atoms with Gasteiger partial charge in [-0.1, -0.05) is 5.16 Å². The van der Waals surface area contributed by atoms with Crippen molar-refractivity contribution in [2.75, 3.05) is 0 Å². The summed E-state index contributed by atoms with van der Waals surface area (Å²) in [6.07, 6.45) is 0. The Morgan fingerprint density at radius 2 is 2.44 bits per heavy atom. The van der Waals surface area contributed by atoms with Crippen molar-refractivity contribution in [3.63, 3.8) is 0 Å². The maximum atomic E-state index is 11.7. The molecule has 2 heterocycles. The monoisotopic (exact) mass is 300 g/mol. The third-order valence-electron chi connectivity index (χ3n) is 1.94. The number of halogens is 1. The molecule has 0 aliphatic heterocycles. The van der Waals surface area contributed by atoms with Crippen molar-refractivity contribution in [3.05, 3.63) is 38.3 Å². The molecule has 0 aliphatic carbocycles. The van der Waals surface area contributed by atoms with Gasteiger partial charge in [0, 0.05) is 11.4 Å². The van der Waals surface area contributed by atoms with Gasteiger partial charge in [-0.2, -0.15) is 0 Å². The highest BCUT2D eigenvalue weighted by Gasteiger charge is 2.08. The summed E-state index contributed by atoms with van der Waals surface area (Å²) >= 11 is 4.79. The van der Waals surface area contributed by atoms with Crippen molar-refractivity contribution in [1.29, 1.82) is 0 Å². The number of carbonyl (C=O) groups excluding carboxylic acids is 1. The normalized spacial score (nSPS) is 10.4. The molecule has 0 aromatic carbocycles. The SMILES string of the molecule is Cc1cc(CNC(=O)c2csc(Br)c2)no1. The van der Waals surface area contributed by atoms with E-state index in [9.17, 15) is 4.79 Å². The molecule has 0 fully saturated rings. The zero-order chi connectivity index (χ0) is 11.5. The summed E-state index contributed by atoms with van der Waals surface area (Å²) in [5.41, 5.74) is 1.37. The van der Waals surface area contributed by atoms with Crippen LogP contribution in [0.5, 0.6) is 0 Å². The van der Waals surface area contributed by atoms with Gasteiger partial charge in [-0.25, -0.2) is 0 Å². The second-order valence-electron chi connectivity index (χ2n) is 3.25. The number of carbonyl (C=O) groups is 1. The van der Waals surface area contributed by atoms with Gasteiger partial charge < -0.3 is 9.84 Å². The van der Waals surface area contributed by atoms with E-state index < -0.39 is 0 Å². The van der Waals surface area contributed by atoms with Crippen LogP contribution in [0.3, 0.4) is 0 Å². The highest BCUT2D eigenvalue weighted by atomic mass is 79.9. The quantitative estimate of drug-likeness (QED) is 0.948. The Balaban J connectivity index is 1.93. The molecule has 0 saturated carbocycles. The summed E-state index contributed by atoms with van der Waals surface area (Å²) in [4.78, 5) is 11.7. The van der Waals surface area contributed by atoms with Crippen LogP contribution in [0, 0.1) is 6.92 Å². The Morgan fingerprint density at radius 1 is 1.62 bits per heavy atom. The largest absolute Gasteiger partial charge is 0.361 e. The third kappa shape index (κ3) is 2.70. The molecule has 1 N–H and O–H groups in total. The Labute approximate surface area is 105 Å².